The van der Waals surface area contributed by atoms with Crippen molar-refractivity contribution in [1.82, 2.24) is 0 Å². The Morgan fingerprint density at radius 3 is 2.67 bits per heavy atom. The van der Waals surface area contributed by atoms with Crippen molar-refractivity contribution in [3.05, 3.63) is 29.6 Å². The number of hydrogen-bond donors (Lipinski definition) is 2. The summed E-state index contributed by atoms with van der Waals surface area (Å²) in [6.07, 6.45) is 0. The van der Waals surface area contributed by atoms with Gasteiger partial charge in [-0.3, -0.25) is 4.72 Å². The predicted octanol–water partition coefficient (Wildman–Crippen LogP) is 0.868. The molecule has 1 rings (SSSR count). The third-order valence-electron chi connectivity index (χ3n) is 1.81. The van der Waals surface area contributed by atoms with E-state index < -0.39 is 22.4 Å². The summed E-state index contributed by atoms with van der Waals surface area (Å²) in [5.74, 6) is -0.790. The molecule has 6 heteroatoms. The first-order valence-corrected chi connectivity index (χ1v) is 5.97. The van der Waals surface area contributed by atoms with Crippen molar-refractivity contribution in [3.63, 3.8) is 0 Å². The molecule has 0 radical (unpaired) electrons. The standard InChI is InChI=1S/C9H12FNO3S/c1-7-6-8(10)2-3-9(7)11-15(13,14)5-4-12/h2-3,6,11-12H,4-5H2,1H3. The molecule has 0 unspecified atom stereocenters. The van der Waals surface area contributed by atoms with Crippen LogP contribution in [0.25, 0.3) is 0 Å². The summed E-state index contributed by atoms with van der Waals surface area (Å²) >= 11 is 0. The molecule has 15 heavy (non-hydrogen) atoms. The van der Waals surface area contributed by atoms with E-state index in [1.807, 2.05) is 0 Å². The first-order valence-electron chi connectivity index (χ1n) is 4.32. The predicted molar refractivity (Wildman–Crippen MR) is 55.6 cm³/mol. The molecule has 0 spiro atoms. The number of aryl methyl sites for hydroxylation is 1. The van der Waals surface area contributed by atoms with E-state index in [0.717, 1.165) is 0 Å². The molecule has 1 aromatic rings. The van der Waals surface area contributed by atoms with Gasteiger partial charge in [-0.25, -0.2) is 12.8 Å². The smallest absolute Gasteiger partial charge is 0.234 e. The molecule has 0 saturated carbocycles. The van der Waals surface area contributed by atoms with Crippen LogP contribution in [0.5, 0.6) is 0 Å². The number of hydrogen-bond acceptors (Lipinski definition) is 3. The van der Waals surface area contributed by atoms with Gasteiger partial charge in [-0.1, -0.05) is 0 Å². The lowest BCUT2D eigenvalue weighted by Crippen LogP contribution is -2.19. The Morgan fingerprint density at radius 1 is 1.47 bits per heavy atom. The van der Waals surface area contributed by atoms with E-state index in [9.17, 15) is 12.8 Å². The lowest BCUT2D eigenvalue weighted by molar-refractivity contribution is 0.320. The van der Waals surface area contributed by atoms with Crippen LogP contribution in [-0.4, -0.2) is 25.9 Å². The van der Waals surface area contributed by atoms with E-state index >= 15 is 0 Å². The first kappa shape index (κ1) is 11.9. The van der Waals surface area contributed by atoms with Crippen molar-refractivity contribution >= 4 is 15.7 Å². The third-order valence-corrected chi connectivity index (χ3v) is 3.06. The number of aliphatic hydroxyl groups is 1. The summed E-state index contributed by atoms with van der Waals surface area (Å²) in [5, 5.41) is 8.51. The molecule has 0 aliphatic rings. The molecule has 0 bridgehead atoms. The summed E-state index contributed by atoms with van der Waals surface area (Å²) in [4.78, 5) is 0. The fraction of sp³-hybridized carbons (Fsp3) is 0.333. The Balaban J connectivity index is 2.90. The second-order valence-corrected chi connectivity index (χ2v) is 4.95. The number of nitrogens with one attached hydrogen (secondary N) is 1. The number of rotatable bonds is 4. The summed E-state index contributed by atoms with van der Waals surface area (Å²) in [6.45, 7) is 1.15. The fourth-order valence-electron chi connectivity index (χ4n) is 1.08. The molecule has 1 aromatic carbocycles. The van der Waals surface area contributed by atoms with Crippen LogP contribution in [-0.2, 0) is 10.0 Å². The molecule has 0 aromatic heterocycles. The Hall–Kier alpha value is -1.14. The average Bonchev–Trinajstić information content (AvgIpc) is 2.09. The molecule has 0 saturated heterocycles. The maximum Gasteiger partial charge on any atom is 0.234 e. The van der Waals surface area contributed by atoms with Crippen LogP contribution in [0.4, 0.5) is 10.1 Å². The molecule has 0 aliphatic heterocycles. The van der Waals surface area contributed by atoms with Gasteiger partial charge in [-0.15, -0.1) is 0 Å². The largest absolute Gasteiger partial charge is 0.395 e. The Morgan fingerprint density at radius 2 is 2.13 bits per heavy atom. The molecule has 0 aliphatic carbocycles. The lowest BCUT2D eigenvalue weighted by Gasteiger charge is -2.09. The average molecular weight is 233 g/mol. The SMILES string of the molecule is Cc1cc(F)ccc1NS(=O)(=O)CCO. The van der Waals surface area contributed by atoms with E-state index in [0.29, 0.717) is 11.3 Å². The van der Waals surface area contributed by atoms with Crippen LogP contribution in [0.15, 0.2) is 18.2 Å². The minimum atomic E-state index is -3.54. The van der Waals surface area contributed by atoms with Gasteiger partial charge in [0.1, 0.15) is 5.82 Å². The van der Waals surface area contributed by atoms with Crippen molar-refractivity contribution in [3.8, 4) is 0 Å². The minimum Gasteiger partial charge on any atom is -0.395 e. The topological polar surface area (TPSA) is 66.4 Å². The zero-order valence-electron chi connectivity index (χ0n) is 8.20. The molecule has 0 atom stereocenters. The van der Waals surface area contributed by atoms with Gasteiger partial charge in [-0.05, 0) is 30.7 Å². The molecule has 0 fully saturated rings. The van der Waals surface area contributed by atoms with Crippen molar-refractivity contribution in [2.45, 2.75) is 6.92 Å². The van der Waals surface area contributed by atoms with Crippen LogP contribution < -0.4 is 4.72 Å². The number of aliphatic hydroxyl groups excluding tert-OH is 1. The highest BCUT2D eigenvalue weighted by molar-refractivity contribution is 7.92. The molecule has 2 N–H and O–H groups in total. The minimum absolute atomic E-state index is 0.324. The molecule has 0 amide bonds. The maximum atomic E-state index is 12.7. The van der Waals surface area contributed by atoms with E-state index in [2.05, 4.69) is 4.72 Å². The highest BCUT2D eigenvalue weighted by Crippen LogP contribution is 2.16. The van der Waals surface area contributed by atoms with E-state index in [1.165, 1.54) is 18.2 Å². The third kappa shape index (κ3) is 3.49. The highest BCUT2D eigenvalue weighted by atomic mass is 32.2. The zero-order chi connectivity index (χ0) is 11.5. The molecule has 84 valence electrons. The van der Waals surface area contributed by atoms with Crippen LogP contribution in [0, 0.1) is 12.7 Å². The summed E-state index contributed by atoms with van der Waals surface area (Å²) in [6, 6.07) is 3.75. The molecular weight excluding hydrogens is 221 g/mol. The van der Waals surface area contributed by atoms with Crippen molar-refractivity contribution in [1.29, 1.82) is 0 Å². The number of halogens is 1. The second-order valence-electron chi connectivity index (χ2n) is 3.10. The van der Waals surface area contributed by atoms with Crippen molar-refractivity contribution in [2.75, 3.05) is 17.1 Å². The highest BCUT2D eigenvalue weighted by Gasteiger charge is 2.10. The summed E-state index contributed by atoms with van der Waals surface area (Å²) < 4.78 is 37.5. The Kier molecular flexibility index (Phi) is 3.65. The lowest BCUT2D eigenvalue weighted by atomic mass is 10.2. The maximum absolute atomic E-state index is 12.7. The number of sulfonamides is 1. The zero-order valence-corrected chi connectivity index (χ0v) is 9.01. The Labute approximate surface area is 87.8 Å². The number of benzene rings is 1. The van der Waals surface area contributed by atoms with Gasteiger partial charge in [0, 0.05) is 0 Å². The van der Waals surface area contributed by atoms with Gasteiger partial charge in [0.15, 0.2) is 0 Å². The van der Waals surface area contributed by atoms with Gasteiger partial charge < -0.3 is 5.11 Å². The monoisotopic (exact) mass is 233 g/mol. The van der Waals surface area contributed by atoms with Gasteiger partial charge in [0.25, 0.3) is 0 Å². The second kappa shape index (κ2) is 4.59. The summed E-state index contributed by atoms with van der Waals surface area (Å²) in [7, 11) is -3.54. The van der Waals surface area contributed by atoms with Crippen LogP contribution in [0.3, 0.4) is 0 Å². The van der Waals surface area contributed by atoms with Crippen molar-refractivity contribution in [2.24, 2.45) is 0 Å². The van der Waals surface area contributed by atoms with E-state index in [1.54, 1.807) is 6.92 Å². The van der Waals surface area contributed by atoms with Crippen molar-refractivity contribution < 1.29 is 17.9 Å². The molecule has 4 nitrogen and oxygen atoms in total. The normalized spacial score (nSPS) is 11.4. The van der Waals surface area contributed by atoms with E-state index in [4.69, 9.17) is 5.11 Å². The van der Waals surface area contributed by atoms with Gasteiger partial charge >= 0.3 is 0 Å². The molecule has 0 heterocycles. The molecular formula is C9H12FNO3S. The Bertz CT molecular complexity index is 445. The van der Waals surface area contributed by atoms with Crippen LogP contribution >= 0.6 is 0 Å². The van der Waals surface area contributed by atoms with Gasteiger partial charge in [0.2, 0.25) is 10.0 Å². The summed E-state index contributed by atoms with van der Waals surface area (Å²) in [5.41, 5.74) is 0.821. The van der Waals surface area contributed by atoms with E-state index in [-0.39, 0.29) is 5.75 Å². The van der Waals surface area contributed by atoms with Crippen LogP contribution in [0.2, 0.25) is 0 Å². The number of anilines is 1. The fourth-order valence-corrected chi connectivity index (χ4v) is 1.99. The van der Waals surface area contributed by atoms with Crippen LogP contribution in [0.1, 0.15) is 5.56 Å². The van der Waals surface area contributed by atoms with Gasteiger partial charge in [0.05, 0.1) is 18.0 Å². The first-order chi connectivity index (χ1) is 6.94. The quantitative estimate of drug-likeness (QED) is 0.810. The van der Waals surface area contributed by atoms with Gasteiger partial charge in [-0.2, -0.15) is 0 Å².